The fourth-order valence-corrected chi connectivity index (χ4v) is 5.51. The highest BCUT2D eigenvalue weighted by atomic mass is 32.1. The molecule has 0 bridgehead atoms. The van der Waals surface area contributed by atoms with Crippen LogP contribution < -0.4 is 19.1 Å². The van der Waals surface area contributed by atoms with Crippen LogP contribution in [-0.4, -0.2) is 43.1 Å². The first-order valence-electron chi connectivity index (χ1n) is 11.4. The van der Waals surface area contributed by atoms with Gasteiger partial charge >= 0.3 is 5.91 Å². The molecule has 5 rings (SSSR count). The Morgan fingerprint density at radius 1 is 0.946 bits per heavy atom. The Balaban J connectivity index is 1.77. The molecule has 37 heavy (non-hydrogen) atoms. The Kier molecular flexibility index (Phi) is 6.31. The van der Waals surface area contributed by atoms with Gasteiger partial charge in [0.2, 0.25) is 0 Å². The molecule has 2 heterocycles. The smallest absolute Gasteiger partial charge is 0.301 e. The third-order valence-electron chi connectivity index (χ3n) is 6.25. The van der Waals surface area contributed by atoms with Gasteiger partial charge in [0.25, 0.3) is 5.78 Å². The number of aryl methyl sites for hydroxylation is 1. The van der Waals surface area contributed by atoms with Gasteiger partial charge in [-0.3, -0.25) is 14.5 Å². The van der Waals surface area contributed by atoms with Gasteiger partial charge in [-0.2, -0.15) is 0 Å². The zero-order valence-electron chi connectivity index (χ0n) is 20.6. The summed E-state index contributed by atoms with van der Waals surface area (Å²) in [7, 11) is 4.49. The standard InChI is InChI=1S/C28H24N2O6S/c1-15-8-10-20-22(12-15)37-28(29-20)30-24(16-6-5-7-17(13-16)34-2)23(26(32)27(30)33)25(31)19-14-18(35-3)9-11-21(19)36-4/h5-14,24,31H,1-4H3/b25-23+. The molecule has 4 aromatic rings. The fourth-order valence-electron chi connectivity index (χ4n) is 4.42. The van der Waals surface area contributed by atoms with Gasteiger partial charge in [0, 0.05) is 0 Å². The van der Waals surface area contributed by atoms with E-state index in [0.29, 0.717) is 33.5 Å². The molecule has 1 amide bonds. The molecular formula is C28H24N2O6S. The molecule has 1 aromatic heterocycles. The van der Waals surface area contributed by atoms with Gasteiger partial charge in [-0.05, 0) is 60.5 Å². The number of fused-ring (bicyclic) bond motifs is 1. The van der Waals surface area contributed by atoms with Gasteiger partial charge in [-0.15, -0.1) is 0 Å². The first-order chi connectivity index (χ1) is 17.9. The summed E-state index contributed by atoms with van der Waals surface area (Å²) in [6.07, 6.45) is 0. The monoisotopic (exact) mass is 516 g/mol. The maximum atomic E-state index is 13.5. The predicted molar refractivity (Wildman–Crippen MR) is 142 cm³/mol. The first kappa shape index (κ1) is 24.3. The van der Waals surface area contributed by atoms with Crippen LogP contribution in [0.25, 0.3) is 16.0 Å². The number of ether oxygens (including phenoxy) is 3. The molecule has 188 valence electrons. The van der Waals surface area contributed by atoms with Crippen LogP contribution in [0.4, 0.5) is 5.13 Å². The number of aromatic nitrogens is 1. The first-order valence-corrected chi connectivity index (χ1v) is 12.2. The maximum Gasteiger partial charge on any atom is 0.301 e. The highest BCUT2D eigenvalue weighted by molar-refractivity contribution is 7.22. The SMILES string of the molecule is COc1cccc(C2/C(=C(\O)c3cc(OC)ccc3OC)C(=O)C(=O)N2c2nc3ccc(C)cc3s2)c1. The van der Waals surface area contributed by atoms with E-state index >= 15 is 0 Å². The van der Waals surface area contributed by atoms with Gasteiger partial charge in [-0.25, -0.2) is 4.98 Å². The summed E-state index contributed by atoms with van der Waals surface area (Å²) >= 11 is 1.31. The Bertz CT molecular complexity index is 1570. The lowest BCUT2D eigenvalue weighted by Crippen LogP contribution is -2.29. The van der Waals surface area contributed by atoms with Crippen LogP contribution in [0.5, 0.6) is 17.2 Å². The Labute approximate surface area is 217 Å². The molecule has 0 radical (unpaired) electrons. The number of methoxy groups -OCH3 is 3. The van der Waals surface area contributed by atoms with Crippen molar-refractivity contribution in [1.29, 1.82) is 0 Å². The lowest BCUT2D eigenvalue weighted by Gasteiger charge is -2.23. The molecule has 1 unspecified atom stereocenters. The number of anilines is 1. The summed E-state index contributed by atoms with van der Waals surface area (Å²) < 4.78 is 17.0. The quantitative estimate of drug-likeness (QED) is 0.212. The highest BCUT2D eigenvalue weighted by Crippen LogP contribution is 2.46. The number of benzene rings is 3. The van der Waals surface area contributed by atoms with Crippen molar-refractivity contribution in [2.75, 3.05) is 26.2 Å². The summed E-state index contributed by atoms with van der Waals surface area (Å²) in [5.74, 6) is -0.665. The second-order valence-electron chi connectivity index (χ2n) is 8.48. The van der Waals surface area contributed by atoms with E-state index in [2.05, 4.69) is 4.98 Å². The van der Waals surface area contributed by atoms with Crippen LogP contribution >= 0.6 is 11.3 Å². The largest absolute Gasteiger partial charge is 0.507 e. The zero-order chi connectivity index (χ0) is 26.3. The summed E-state index contributed by atoms with van der Waals surface area (Å²) in [6.45, 7) is 1.98. The number of rotatable bonds is 6. The molecule has 1 N–H and O–H groups in total. The van der Waals surface area contributed by atoms with Crippen molar-refractivity contribution in [3.05, 3.63) is 82.9 Å². The van der Waals surface area contributed by atoms with Crippen LogP contribution in [0.2, 0.25) is 0 Å². The van der Waals surface area contributed by atoms with E-state index < -0.39 is 17.7 Å². The summed E-state index contributed by atoms with van der Waals surface area (Å²) in [5.41, 5.74) is 2.50. The number of hydrogen-bond donors (Lipinski definition) is 1. The molecule has 0 spiro atoms. The second-order valence-corrected chi connectivity index (χ2v) is 9.49. The minimum Gasteiger partial charge on any atom is -0.507 e. The van der Waals surface area contributed by atoms with E-state index in [1.165, 1.54) is 37.6 Å². The number of carbonyl (C=O) groups is 2. The molecule has 3 aromatic carbocycles. The van der Waals surface area contributed by atoms with Crippen LogP contribution in [0.3, 0.4) is 0 Å². The number of ketones is 1. The van der Waals surface area contributed by atoms with E-state index in [-0.39, 0.29) is 16.9 Å². The number of Topliss-reactive ketones (excluding diaryl/α,β-unsaturated/α-hetero) is 1. The third-order valence-corrected chi connectivity index (χ3v) is 7.27. The average Bonchev–Trinajstić information content (AvgIpc) is 3.45. The molecule has 0 saturated carbocycles. The number of hydrogen-bond acceptors (Lipinski definition) is 8. The molecule has 8 nitrogen and oxygen atoms in total. The Morgan fingerprint density at radius 3 is 2.43 bits per heavy atom. The van der Waals surface area contributed by atoms with Crippen molar-refractivity contribution in [3.8, 4) is 17.2 Å². The van der Waals surface area contributed by atoms with E-state index in [0.717, 1.165) is 10.3 Å². The summed E-state index contributed by atoms with van der Waals surface area (Å²) in [5, 5.41) is 11.9. The van der Waals surface area contributed by atoms with Gasteiger partial charge in [0.05, 0.1) is 48.7 Å². The van der Waals surface area contributed by atoms with Crippen molar-refractivity contribution < 1.29 is 28.9 Å². The average molecular weight is 517 g/mol. The predicted octanol–water partition coefficient (Wildman–Crippen LogP) is 5.26. The Morgan fingerprint density at radius 2 is 1.70 bits per heavy atom. The lowest BCUT2D eigenvalue weighted by atomic mass is 9.95. The molecule has 1 fully saturated rings. The zero-order valence-corrected chi connectivity index (χ0v) is 21.5. The second kappa shape index (κ2) is 9.59. The molecule has 0 aliphatic carbocycles. The minimum absolute atomic E-state index is 0.0831. The number of aliphatic hydroxyl groups is 1. The van der Waals surface area contributed by atoms with E-state index in [4.69, 9.17) is 14.2 Å². The van der Waals surface area contributed by atoms with Crippen LogP contribution in [0, 0.1) is 6.92 Å². The van der Waals surface area contributed by atoms with Crippen molar-refractivity contribution in [3.63, 3.8) is 0 Å². The Hall–Kier alpha value is -4.37. The van der Waals surface area contributed by atoms with Crippen LogP contribution in [0.15, 0.2) is 66.2 Å². The summed E-state index contributed by atoms with van der Waals surface area (Å²) in [4.78, 5) is 33.1. The van der Waals surface area contributed by atoms with Crippen molar-refractivity contribution in [2.45, 2.75) is 13.0 Å². The minimum atomic E-state index is -0.951. The molecular weight excluding hydrogens is 492 g/mol. The number of thiazole rings is 1. The van der Waals surface area contributed by atoms with Gasteiger partial charge < -0.3 is 19.3 Å². The molecule has 1 aliphatic heterocycles. The van der Waals surface area contributed by atoms with Crippen molar-refractivity contribution in [2.24, 2.45) is 0 Å². The molecule has 1 aliphatic rings. The van der Waals surface area contributed by atoms with E-state index in [1.54, 1.807) is 42.5 Å². The molecule has 1 saturated heterocycles. The van der Waals surface area contributed by atoms with Gasteiger partial charge in [-0.1, -0.05) is 29.5 Å². The third kappa shape index (κ3) is 4.17. The van der Waals surface area contributed by atoms with Gasteiger partial charge in [0.1, 0.15) is 23.0 Å². The maximum absolute atomic E-state index is 13.5. The van der Waals surface area contributed by atoms with Gasteiger partial charge in [0.15, 0.2) is 5.13 Å². The lowest BCUT2D eigenvalue weighted by molar-refractivity contribution is -0.132. The van der Waals surface area contributed by atoms with Crippen LogP contribution in [0.1, 0.15) is 22.7 Å². The highest BCUT2D eigenvalue weighted by Gasteiger charge is 2.48. The van der Waals surface area contributed by atoms with Crippen molar-refractivity contribution >= 4 is 44.1 Å². The molecule has 1 atom stereocenters. The number of carbonyl (C=O) groups excluding carboxylic acids is 2. The number of aliphatic hydroxyl groups excluding tert-OH is 1. The normalized spacial score (nSPS) is 16.9. The number of nitrogens with zero attached hydrogens (tertiary/aromatic N) is 2. The van der Waals surface area contributed by atoms with Crippen molar-refractivity contribution in [1.82, 2.24) is 4.98 Å². The topological polar surface area (TPSA) is 98.2 Å². The molecule has 9 heteroatoms. The summed E-state index contributed by atoms with van der Waals surface area (Å²) in [6, 6.07) is 16.8. The van der Waals surface area contributed by atoms with Crippen LogP contribution in [-0.2, 0) is 9.59 Å². The fraction of sp³-hybridized carbons (Fsp3) is 0.179. The van der Waals surface area contributed by atoms with E-state index in [9.17, 15) is 14.7 Å². The number of amides is 1. The van der Waals surface area contributed by atoms with E-state index in [1.807, 2.05) is 25.1 Å².